The number of methoxy groups -OCH3 is 1. The van der Waals surface area contributed by atoms with Crippen molar-refractivity contribution in [2.24, 2.45) is 10.9 Å². The highest BCUT2D eigenvalue weighted by atomic mass is 127. The topological polar surface area (TPSA) is 78.0 Å². The van der Waals surface area contributed by atoms with Crippen LogP contribution in [0.25, 0.3) is 0 Å². The van der Waals surface area contributed by atoms with Crippen LogP contribution in [0.15, 0.2) is 29.3 Å². The summed E-state index contributed by atoms with van der Waals surface area (Å²) in [6.45, 7) is 9.65. The number of halogens is 1. The third-order valence-corrected chi connectivity index (χ3v) is 4.74. The van der Waals surface area contributed by atoms with Crippen LogP contribution in [-0.2, 0) is 4.79 Å². The predicted molar refractivity (Wildman–Crippen MR) is 131 cm³/mol. The summed E-state index contributed by atoms with van der Waals surface area (Å²) in [5.41, 5.74) is 1.13. The molecule has 0 saturated carbocycles. The van der Waals surface area contributed by atoms with Gasteiger partial charge in [0.25, 0.3) is 0 Å². The molecule has 1 heterocycles. The van der Waals surface area contributed by atoms with Crippen molar-refractivity contribution in [3.63, 3.8) is 0 Å². The van der Waals surface area contributed by atoms with Crippen molar-refractivity contribution in [2.75, 3.05) is 44.7 Å². The van der Waals surface area contributed by atoms with Crippen molar-refractivity contribution in [2.45, 2.75) is 39.7 Å². The van der Waals surface area contributed by atoms with Gasteiger partial charge in [0.05, 0.1) is 19.3 Å². The van der Waals surface area contributed by atoms with Gasteiger partial charge in [0.2, 0.25) is 5.91 Å². The van der Waals surface area contributed by atoms with E-state index in [0.717, 1.165) is 49.9 Å². The number of aliphatic imine (C=N–C) groups is 1. The van der Waals surface area contributed by atoms with Crippen LogP contribution in [0.4, 0.5) is 5.69 Å². The number of hydrogen-bond acceptors (Lipinski definition) is 4. The molecule has 164 valence electrons. The third-order valence-electron chi connectivity index (χ3n) is 4.74. The SMILES string of the molecule is CCNC(=NCCNC(=O)C(C)C)NC1CCCN(c2ccccc2OC)C1.I. The number of rotatable bonds is 8. The van der Waals surface area contributed by atoms with Crippen molar-refractivity contribution >= 4 is 41.5 Å². The van der Waals surface area contributed by atoms with Crippen molar-refractivity contribution in [3.05, 3.63) is 24.3 Å². The highest BCUT2D eigenvalue weighted by molar-refractivity contribution is 14.0. The smallest absolute Gasteiger partial charge is 0.222 e. The molecule has 1 aromatic rings. The van der Waals surface area contributed by atoms with E-state index >= 15 is 0 Å². The van der Waals surface area contributed by atoms with Crippen LogP contribution in [0, 0.1) is 5.92 Å². The molecule has 1 saturated heterocycles. The van der Waals surface area contributed by atoms with E-state index in [-0.39, 0.29) is 35.8 Å². The van der Waals surface area contributed by atoms with Crippen LogP contribution in [0.2, 0.25) is 0 Å². The van der Waals surface area contributed by atoms with Crippen LogP contribution < -0.4 is 25.6 Å². The molecule has 1 aliphatic rings. The lowest BCUT2D eigenvalue weighted by molar-refractivity contribution is -0.123. The normalized spacial score (nSPS) is 16.8. The Labute approximate surface area is 192 Å². The zero-order chi connectivity index (χ0) is 20.4. The number of ether oxygens (including phenoxy) is 1. The fraction of sp³-hybridized carbons (Fsp3) is 0.619. The second-order valence-corrected chi connectivity index (χ2v) is 7.31. The highest BCUT2D eigenvalue weighted by Crippen LogP contribution is 2.29. The molecule has 1 aromatic carbocycles. The minimum absolute atomic E-state index is 0. The van der Waals surface area contributed by atoms with Crippen LogP contribution in [0.1, 0.15) is 33.6 Å². The largest absolute Gasteiger partial charge is 0.495 e. The van der Waals surface area contributed by atoms with Gasteiger partial charge in [0, 0.05) is 38.1 Å². The van der Waals surface area contributed by atoms with E-state index in [9.17, 15) is 4.79 Å². The summed E-state index contributed by atoms with van der Waals surface area (Å²) in [5.74, 6) is 1.77. The van der Waals surface area contributed by atoms with E-state index in [1.54, 1.807) is 7.11 Å². The number of amides is 1. The Hall–Kier alpha value is -1.71. The molecule has 3 N–H and O–H groups in total. The summed E-state index contributed by atoms with van der Waals surface area (Å²) in [6, 6.07) is 8.46. The van der Waals surface area contributed by atoms with Gasteiger partial charge in [-0.2, -0.15) is 0 Å². The Balaban J connectivity index is 0.00000420. The Morgan fingerprint density at radius 1 is 1.31 bits per heavy atom. The lowest BCUT2D eigenvalue weighted by Gasteiger charge is -2.36. The van der Waals surface area contributed by atoms with Crippen molar-refractivity contribution in [3.8, 4) is 5.75 Å². The van der Waals surface area contributed by atoms with Gasteiger partial charge in [-0.1, -0.05) is 26.0 Å². The van der Waals surface area contributed by atoms with E-state index in [4.69, 9.17) is 4.74 Å². The molecule has 0 spiro atoms. The Morgan fingerprint density at radius 2 is 2.07 bits per heavy atom. The van der Waals surface area contributed by atoms with E-state index in [0.29, 0.717) is 19.1 Å². The number of hydrogen-bond donors (Lipinski definition) is 3. The lowest BCUT2D eigenvalue weighted by atomic mass is 10.0. The molecule has 0 radical (unpaired) electrons. The fourth-order valence-electron chi connectivity index (χ4n) is 3.27. The summed E-state index contributed by atoms with van der Waals surface area (Å²) >= 11 is 0. The molecule has 0 aromatic heterocycles. The molecule has 2 rings (SSSR count). The number of nitrogens with one attached hydrogen (secondary N) is 3. The first-order chi connectivity index (χ1) is 13.5. The molecule has 8 heteroatoms. The summed E-state index contributed by atoms with van der Waals surface area (Å²) < 4.78 is 5.52. The zero-order valence-electron chi connectivity index (χ0n) is 18.0. The highest BCUT2D eigenvalue weighted by Gasteiger charge is 2.22. The minimum Gasteiger partial charge on any atom is -0.495 e. The number of para-hydroxylation sites is 2. The first-order valence-corrected chi connectivity index (χ1v) is 10.3. The standard InChI is InChI=1S/C21H35N5O2.HI/c1-5-22-21(24-13-12-23-20(27)16(2)3)25-17-9-8-14-26(15-17)18-10-6-7-11-19(18)28-4;/h6-7,10-11,16-17H,5,8-9,12-15H2,1-4H3,(H,23,27)(H2,22,24,25);1H. The van der Waals surface area contributed by atoms with Crippen LogP contribution in [0.3, 0.4) is 0 Å². The van der Waals surface area contributed by atoms with E-state index in [1.165, 1.54) is 0 Å². The number of anilines is 1. The zero-order valence-corrected chi connectivity index (χ0v) is 20.4. The molecule has 7 nitrogen and oxygen atoms in total. The Kier molecular flexibility index (Phi) is 11.8. The number of guanidine groups is 1. The van der Waals surface area contributed by atoms with E-state index in [2.05, 4.69) is 38.8 Å². The maximum absolute atomic E-state index is 11.6. The molecule has 0 bridgehead atoms. The van der Waals surface area contributed by atoms with Gasteiger partial charge in [-0.05, 0) is 31.9 Å². The first kappa shape index (κ1) is 25.3. The fourth-order valence-corrected chi connectivity index (χ4v) is 3.27. The Morgan fingerprint density at radius 3 is 2.76 bits per heavy atom. The van der Waals surface area contributed by atoms with Gasteiger partial charge in [0.1, 0.15) is 5.75 Å². The maximum atomic E-state index is 11.6. The van der Waals surface area contributed by atoms with Crippen molar-refractivity contribution in [1.29, 1.82) is 0 Å². The van der Waals surface area contributed by atoms with Gasteiger partial charge < -0.3 is 25.6 Å². The number of carbonyl (C=O) groups is 1. The minimum atomic E-state index is -0.00135. The van der Waals surface area contributed by atoms with Crippen LogP contribution >= 0.6 is 24.0 Å². The molecule has 0 aliphatic carbocycles. The summed E-state index contributed by atoms with van der Waals surface area (Å²) in [7, 11) is 1.71. The summed E-state index contributed by atoms with van der Waals surface area (Å²) in [6.07, 6.45) is 2.21. The van der Waals surface area contributed by atoms with Gasteiger partial charge in [-0.3, -0.25) is 9.79 Å². The molecule has 1 unspecified atom stereocenters. The van der Waals surface area contributed by atoms with Crippen LogP contribution in [-0.4, -0.2) is 57.7 Å². The van der Waals surface area contributed by atoms with Gasteiger partial charge in [-0.15, -0.1) is 24.0 Å². The molecule has 1 atom stereocenters. The number of carbonyl (C=O) groups excluding carboxylic acids is 1. The monoisotopic (exact) mass is 517 g/mol. The third kappa shape index (κ3) is 8.28. The van der Waals surface area contributed by atoms with E-state index in [1.807, 2.05) is 32.0 Å². The first-order valence-electron chi connectivity index (χ1n) is 10.3. The molecule has 1 aliphatic heterocycles. The van der Waals surface area contributed by atoms with Gasteiger partial charge >= 0.3 is 0 Å². The summed E-state index contributed by atoms with van der Waals surface area (Å²) in [4.78, 5) is 18.6. The number of benzene rings is 1. The van der Waals surface area contributed by atoms with Crippen molar-refractivity contribution < 1.29 is 9.53 Å². The maximum Gasteiger partial charge on any atom is 0.222 e. The molecule has 1 amide bonds. The average molecular weight is 517 g/mol. The van der Waals surface area contributed by atoms with Gasteiger partial charge in [-0.25, -0.2) is 0 Å². The summed E-state index contributed by atoms with van der Waals surface area (Å²) in [5, 5.41) is 9.75. The Bertz CT molecular complexity index is 654. The second kappa shape index (κ2) is 13.5. The van der Waals surface area contributed by atoms with Crippen molar-refractivity contribution in [1.82, 2.24) is 16.0 Å². The average Bonchev–Trinajstić information content (AvgIpc) is 2.71. The number of nitrogens with zero attached hydrogens (tertiary/aromatic N) is 2. The predicted octanol–water partition coefficient (Wildman–Crippen LogP) is 2.61. The molecular formula is C21H36IN5O2. The van der Waals surface area contributed by atoms with Gasteiger partial charge in [0.15, 0.2) is 5.96 Å². The molecule has 29 heavy (non-hydrogen) atoms. The second-order valence-electron chi connectivity index (χ2n) is 7.31. The lowest BCUT2D eigenvalue weighted by Crippen LogP contribution is -2.51. The van der Waals surface area contributed by atoms with E-state index < -0.39 is 0 Å². The number of piperidine rings is 1. The van der Waals surface area contributed by atoms with Crippen LogP contribution in [0.5, 0.6) is 5.75 Å². The quantitative estimate of drug-likeness (QED) is 0.214. The molecule has 1 fully saturated rings. The molecular weight excluding hydrogens is 481 g/mol.